The first kappa shape index (κ1) is 23.6. The number of likely N-dealkylation sites (tertiary alicyclic amines) is 1. The van der Waals surface area contributed by atoms with E-state index in [4.69, 9.17) is 11.6 Å². The molecule has 0 radical (unpaired) electrons. The number of hydrogen-bond donors (Lipinski definition) is 0. The molecule has 0 N–H and O–H groups in total. The molecule has 3 rings (SSSR count). The number of halogens is 1. The molecule has 31 heavy (non-hydrogen) atoms. The van der Waals surface area contributed by atoms with Crippen LogP contribution in [0.1, 0.15) is 48.2 Å². The zero-order valence-electron chi connectivity index (χ0n) is 18.4. The molecule has 2 heterocycles. The van der Waals surface area contributed by atoms with E-state index in [-0.39, 0.29) is 17.7 Å². The van der Waals surface area contributed by atoms with E-state index >= 15 is 0 Å². The van der Waals surface area contributed by atoms with Crippen LogP contribution in [0, 0.1) is 12.8 Å². The number of aryl methyl sites for hydroxylation is 1. The minimum atomic E-state index is -0.118. The number of carbonyl (C=O) groups is 2. The lowest BCUT2D eigenvalue weighted by Gasteiger charge is -2.34. The standard InChI is InChI=1S/C24H30ClN3O2S/c1-4-27(5-2)23(29)19-9-7-11-28(15-19)24(30)20-12-18(13-26-14-20)16-31-22-17(3)8-6-10-21(22)25/h6,8,10,12-14,19H,4-5,7,9,11,15-16H2,1-3H3. The van der Waals surface area contributed by atoms with Gasteiger partial charge in [0, 0.05) is 49.2 Å². The van der Waals surface area contributed by atoms with Crippen molar-refractivity contribution in [3.8, 4) is 0 Å². The molecular formula is C24H30ClN3O2S. The van der Waals surface area contributed by atoms with Crippen LogP contribution in [0.2, 0.25) is 5.02 Å². The maximum atomic E-state index is 13.1. The van der Waals surface area contributed by atoms with Crippen LogP contribution < -0.4 is 0 Å². The zero-order chi connectivity index (χ0) is 22.4. The van der Waals surface area contributed by atoms with Crippen LogP contribution in [0.5, 0.6) is 0 Å². The van der Waals surface area contributed by atoms with Crippen LogP contribution in [0.3, 0.4) is 0 Å². The summed E-state index contributed by atoms with van der Waals surface area (Å²) in [5.41, 5.74) is 2.68. The van der Waals surface area contributed by atoms with Gasteiger partial charge in [0.2, 0.25) is 5.91 Å². The first-order valence-corrected chi connectivity index (χ1v) is 12.2. The Morgan fingerprint density at radius 1 is 1.26 bits per heavy atom. The van der Waals surface area contributed by atoms with Crippen molar-refractivity contribution in [2.24, 2.45) is 5.92 Å². The highest BCUT2D eigenvalue weighted by molar-refractivity contribution is 7.98. The topological polar surface area (TPSA) is 53.5 Å². The molecule has 1 unspecified atom stereocenters. The number of pyridine rings is 1. The van der Waals surface area contributed by atoms with E-state index in [0.29, 0.717) is 37.5 Å². The molecule has 1 aliphatic heterocycles. The number of aromatic nitrogens is 1. The number of rotatable bonds is 7. The quantitative estimate of drug-likeness (QED) is 0.543. The second-order valence-electron chi connectivity index (χ2n) is 7.86. The molecule has 0 spiro atoms. The van der Waals surface area contributed by atoms with Crippen LogP contribution in [0.4, 0.5) is 0 Å². The SMILES string of the molecule is CCN(CC)C(=O)C1CCCN(C(=O)c2cncc(CSc3c(C)cccc3Cl)c2)C1. The summed E-state index contributed by atoms with van der Waals surface area (Å²) >= 11 is 7.98. The summed E-state index contributed by atoms with van der Waals surface area (Å²) in [4.78, 5) is 34.9. The summed E-state index contributed by atoms with van der Waals surface area (Å²) in [6, 6.07) is 7.78. The van der Waals surface area contributed by atoms with Crippen molar-refractivity contribution in [3.63, 3.8) is 0 Å². The third-order valence-electron chi connectivity index (χ3n) is 5.72. The Hall–Kier alpha value is -2.05. The normalized spacial score (nSPS) is 16.3. The fraction of sp³-hybridized carbons (Fsp3) is 0.458. The summed E-state index contributed by atoms with van der Waals surface area (Å²) in [7, 11) is 0. The molecule has 0 saturated carbocycles. The van der Waals surface area contributed by atoms with Crippen molar-refractivity contribution in [2.45, 2.75) is 44.3 Å². The van der Waals surface area contributed by atoms with Gasteiger partial charge in [-0.15, -0.1) is 11.8 Å². The van der Waals surface area contributed by atoms with E-state index in [2.05, 4.69) is 4.98 Å². The highest BCUT2D eigenvalue weighted by Gasteiger charge is 2.31. The Labute approximate surface area is 194 Å². The smallest absolute Gasteiger partial charge is 0.255 e. The van der Waals surface area contributed by atoms with E-state index in [0.717, 1.165) is 33.9 Å². The van der Waals surface area contributed by atoms with Crippen molar-refractivity contribution < 1.29 is 9.59 Å². The lowest BCUT2D eigenvalue weighted by atomic mass is 9.96. The number of amides is 2. The molecule has 1 aromatic heterocycles. The van der Waals surface area contributed by atoms with E-state index in [1.807, 2.05) is 54.8 Å². The molecule has 1 atom stereocenters. The fourth-order valence-corrected chi connectivity index (χ4v) is 5.33. The summed E-state index contributed by atoms with van der Waals surface area (Å²) in [6.07, 6.45) is 5.09. The first-order chi connectivity index (χ1) is 14.9. The molecular weight excluding hydrogens is 430 g/mol. The molecule has 0 bridgehead atoms. The molecule has 7 heteroatoms. The molecule has 1 aromatic carbocycles. The Balaban J connectivity index is 1.67. The highest BCUT2D eigenvalue weighted by Crippen LogP contribution is 2.32. The second-order valence-corrected chi connectivity index (χ2v) is 9.25. The average molecular weight is 460 g/mol. The predicted octanol–water partition coefficient (Wildman–Crippen LogP) is 5.06. The Morgan fingerprint density at radius 3 is 2.74 bits per heavy atom. The average Bonchev–Trinajstić information content (AvgIpc) is 2.79. The van der Waals surface area contributed by atoms with Gasteiger partial charge in [-0.1, -0.05) is 23.7 Å². The molecule has 5 nitrogen and oxygen atoms in total. The predicted molar refractivity (Wildman–Crippen MR) is 127 cm³/mol. The van der Waals surface area contributed by atoms with Gasteiger partial charge in [0.1, 0.15) is 0 Å². The van der Waals surface area contributed by atoms with Gasteiger partial charge in [-0.25, -0.2) is 0 Å². The van der Waals surface area contributed by atoms with Gasteiger partial charge in [0.05, 0.1) is 16.5 Å². The van der Waals surface area contributed by atoms with Gasteiger partial charge in [0.25, 0.3) is 5.91 Å². The number of carbonyl (C=O) groups excluding carboxylic acids is 2. The number of thioether (sulfide) groups is 1. The van der Waals surface area contributed by atoms with Gasteiger partial charge in [-0.3, -0.25) is 14.6 Å². The maximum absolute atomic E-state index is 13.1. The summed E-state index contributed by atoms with van der Waals surface area (Å²) in [6.45, 7) is 8.59. The number of piperidine rings is 1. The third-order valence-corrected chi connectivity index (χ3v) is 7.46. The van der Waals surface area contributed by atoms with Gasteiger partial charge < -0.3 is 9.80 Å². The number of nitrogens with zero attached hydrogens (tertiary/aromatic N) is 3. The van der Waals surface area contributed by atoms with Crippen LogP contribution in [0.25, 0.3) is 0 Å². The van der Waals surface area contributed by atoms with Gasteiger partial charge in [-0.05, 0) is 56.9 Å². The Morgan fingerprint density at radius 2 is 2.03 bits per heavy atom. The lowest BCUT2D eigenvalue weighted by molar-refractivity contribution is -0.136. The highest BCUT2D eigenvalue weighted by atomic mass is 35.5. The van der Waals surface area contributed by atoms with Crippen LogP contribution in [-0.4, -0.2) is 52.8 Å². The van der Waals surface area contributed by atoms with E-state index in [9.17, 15) is 9.59 Å². The monoisotopic (exact) mass is 459 g/mol. The van der Waals surface area contributed by atoms with Gasteiger partial charge >= 0.3 is 0 Å². The first-order valence-electron chi connectivity index (χ1n) is 10.8. The molecule has 1 aliphatic rings. The molecule has 2 aromatic rings. The van der Waals surface area contributed by atoms with Crippen molar-refractivity contribution in [3.05, 3.63) is 58.4 Å². The van der Waals surface area contributed by atoms with Crippen LogP contribution in [0.15, 0.2) is 41.6 Å². The van der Waals surface area contributed by atoms with E-state index < -0.39 is 0 Å². The summed E-state index contributed by atoms with van der Waals surface area (Å²) in [5.74, 6) is 0.667. The summed E-state index contributed by atoms with van der Waals surface area (Å²) in [5, 5.41) is 0.738. The van der Waals surface area contributed by atoms with Gasteiger partial charge in [0.15, 0.2) is 0 Å². The lowest BCUT2D eigenvalue weighted by Crippen LogP contribution is -2.46. The van der Waals surface area contributed by atoms with Crippen LogP contribution in [-0.2, 0) is 10.5 Å². The largest absolute Gasteiger partial charge is 0.343 e. The Bertz CT molecular complexity index is 913. The molecule has 1 saturated heterocycles. The van der Waals surface area contributed by atoms with E-state index in [1.165, 1.54) is 0 Å². The van der Waals surface area contributed by atoms with Gasteiger partial charge in [-0.2, -0.15) is 0 Å². The molecule has 166 valence electrons. The Kier molecular flexibility index (Phi) is 8.38. The maximum Gasteiger partial charge on any atom is 0.255 e. The zero-order valence-corrected chi connectivity index (χ0v) is 20.0. The van der Waals surface area contributed by atoms with Crippen molar-refractivity contribution >= 4 is 35.2 Å². The fourth-order valence-electron chi connectivity index (χ4n) is 3.98. The number of benzene rings is 1. The van der Waals surface area contributed by atoms with Crippen LogP contribution >= 0.6 is 23.4 Å². The minimum Gasteiger partial charge on any atom is -0.343 e. The van der Waals surface area contributed by atoms with E-state index in [1.54, 1.807) is 24.2 Å². The van der Waals surface area contributed by atoms with Crippen molar-refractivity contribution in [2.75, 3.05) is 26.2 Å². The number of hydrogen-bond acceptors (Lipinski definition) is 4. The molecule has 0 aliphatic carbocycles. The van der Waals surface area contributed by atoms with Crippen molar-refractivity contribution in [1.29, 1.82) is 0 Å². The molecule has 1 fully saturated rings. The molecule has 2 amide bonds. The van der Waals surface area contributed by atoms with Crippen molar-refractivity contribution in [1.82, 2.24) is 14.8 Å². The second kappa shape index (κ2) is 11.0. The third kappa shape index (κ3) is 5.80. The summed E-state index contributed by atoms with van der Waals surface area (Å²) < 4.78 is 0. The minimum absolute atomic E-state index is 0.0506.